The fourth-order valence-corrected chi connectivity index (χ4v) is 3.66. The first kappa shape index (κ1) is 17.7. The van der Waals surface area contributed by atoms with Gasteiger partial charge in [0.2, 0.25) is 0 Å². The number of hydrogen-bond donors (Lipinski definition) is 2. The summed E-state index contributed by atoms with van der Waals surface area (Å²) in [5.74, 6) is -3.47. The third-order valence-electron chi connectivity index (χ3n) is 4.97. The van der Waals surface area contributed by atoms with Crippen LogP contribution >= 0.6 is 0 Å². The van der Waals surface area contributed by atoms with Gasteiger partial charge < -0.3 is 15.6 Å². The van der Waals surface area contributed by atoms with E-state index >= 15 is 0 Å². The van der Waals surface area contributed by atoms with Crippen molar-refractivity contribution < 1.29 is 23.8 Å². The number of ether oxygens (including phenoxy) is 1. The average molecular weight is 377 g/mol. The van der Waals surface area contributed by atoms with E-state index in [9.17, 15) is 14.0 Å². The van der Waals surface area contributed by atoms with E-state index in [-0.39, 0.29) is 18.1 Å². The number of carbonyl (C=O) groups is 2. The Balaban J connectivity index is 1.62. The van der Waals surface area contributed by atoms with E-state index in [0.29, 0.717) is 0 Å². The number of esters is 1. The fourth-order valence-electron chi connectivity index (χ4n) is 3.66. The van der Waals surface area contributed by atoms with Gasteiger partial charge in [0, 0.05) is 5.92 Å². The molecule has 0 aromatic heterocycles. The number of fused-ring (bicyclic) bond motifs is 3. The Hall–Kier alpha value is -3.67. The lowest BCUT2D eigenvalue weighted by atomic mass is 9.98. The van der Waals surface area contributed by atoms with Gasteiger partial charge in [-0.15, -0.1) is 0 Å². The maximum absolute atomic E-state index is 13.7. The molecule has 0 bridgehead atoms. The SMILES string of the molecule is Nc1c(C(=O)OCC2c3ccccc3-c3ccccc32)ccc(F)c1C(=O)O. The fraction of sp³-hybridized carbons (Fsp3) is 0.0909. The molecule has 0 atom stereocenters. The summed E-state index contributed by atoms with van der Waals surface area (Å²) in [6.07, 6.45) is 0. The third-order valence-corrected chi connectivity index (χ3v) is 4.97. The first-order valence-corrected chi connectivity index (χ1v) is 8.65. The van der Waals surface area contributed by atoms with Gasteiger partial charge in [-0.3, -0.25) is 0 Å². The molecule has 4 rings (SSSR count). The van der Waals surface area contributed by atoms with E-state index in [4.69, 9.17) is 15.6 Å². The second-order valence-electron chi connectivity index (χ2n) is 6.51. The van der Waals surface area contributed by atoms with Crippen molar-refractivity contribution in [2.45, 2.75) is 5.92 Å². The smallest absolute Gasteiger partial charge is 0.340 e. The lowest BCUT2D eigenvalue weighted by molar-refractivity contribution is 0.0495. The molecule has 0 fully saturated rings. The zero-order valence-electron chi connectivity index (χ0n) is 14.7. The predicted octanol–water partition coefficient (Wildman–Crippen LogP) is 4.08. The summed E-state index contributed by atoms with van der Waals surface area (Å²) in [4.78, 5) is 23.7. The van der Waals surface area contributed by atoms with E-state index in [2.05, 4.69) is 0 Å². The Morgan fingerprint density at radius 3 is 2.11 bits per heavy atom. The third kappa shape index (κ3) is 2.79. The first-order valence-electron chi connectivity index (χ1n) is 8.65. The summed E-state index contributed by atoms with van der Waals surface area (Å²) < 4.78 is 19.1. The van der Waals surface area contributed by atoms with Crippen molar-refractivity contribution in [3.63, 3.8) is 0 Å². The molecule has 1 aliphatic rings. The second-order valence-corrected chi connectivity index (χ2v) is 6.51. The van der Waals surface area contributed by atoms with Gasteiger partial charge in [0.1, 0.15) is 18.0 Å². The van der Waals surface area contributed by atoms with Crippen LogP contribution in [-0.2, 0) is 4.74 Å². The van der Waals surface area contributed by atoms with Crippen LogP contribution in [0.1, 0.15) is 37.8 Å². The molecular weight excluding hydrogens is 361 g/mol. The lowest BCUT2D eigenvalue weighted by Crippen LogP contribution is -2.16. The van der Waals surface area contributed by atoms with Gasteiger partial charge in [0.15, 0.2) is 0 Å². The van der Waals surface area contributed by atoms with Crippen LogP contribution in [0.2, 0.25) is 0 Å². The quantitative estimate of drug-likeness (QED) is 0.528. The minimum Gasteiger partial charge on any atom is -0.478 e. The number of benzene rings is 3. The number of carboxylic acid groups (broad SMARTS) is 1. The highest BCUT2D eigenvalue weighted by Gasteiger charge is 2.30. The number of hydrogen-bond acceptors (Lipinski definition) is 4. The molecule has 1 aliphatic carbocycles. The molecule has 0 unspecified atom stereocenters. The maximum atomic E-state index is 13.7. The van der Waals surface area contributed by atoms with Crippen molar-refractivity contribution in [1.29, 1.82) is 0 Å². The second kappa shape index (κ2) is 6.81. The minimum atomic E-state index is -1.54. The van der Waals surface area contributed by atoms with E-state index in [1.54, 1.807) is 0 Å². The van der Waals surface area contributed by atoms with Gasteiger partial charge in [-0.25, -0.2) is 14.0 Å². The van der Waals surface area contributed by atoms with Crippen LogP contribution in [0.3, 0.4) is 0 Å². The zero-order valence-corrected chi connectivity index (χ0v) is 14.7. The monoisotopic (exact) mass is 377 g/mol. The zero-order chi connectivity index (χ0) is 19.8. The Labute approximate surface area is 160 Å². The summed E-state index contributed by atoms with van der Waals surface area (Å²) in [7, 11) is 0. The Kier molecular flexibility index (Phi) is 4.31. The summed E-state index contributed by atoms with van der Waals surface area (Å²) in [5.41, 5.74) is 8.65. The normalized spacial score (nSPS) is 12.3. The van der Waals surface area contributed by atoms with E-state index in [1.807, 2.05) is 48.5 Å². The highest BCUT2D eigenvalue weighted by molar-refractivity contribution is 6.03. The summed E-state index contributed by atoms with van der Waals surface area (Å²) in [5, 5.41) is 9.10. The number of nitrogen functional groups attached to an aromatic ring is 1. The Morgan fingerprint density at radius 2 is 1.54 bits per heavy atom. The van der Waals surface area contributed by atoms with E-state index < -0.39 is 29.0 Å². The van der Waals surface area contributed by atoms with Crippen LogP contribution in [0, 0.1) is 5.82 Å². The van der Waals surface area contributed by atoms with Gasteiger partial charge >= 0.3 is 11.9 Å². The standard InChI is InChI=1S/C22H16FNO4/c23-18-10-9-16(20(24)19(18)21(25)26)22(27)28-11-17-14-7-3-1-5-12(14)13-6-2-4-8-15(13)17/h1-10,17H,11,24H2,(H,25,26). The van der Waals surface area contributed by atoms with Crippen LogP contribution < -0.4 is 5.73 Å². The van der Waals surface area contributed by atoms with Gasteiger partial charge in [-0.2, -0.15) is 0 Å². The van der Waals surface area contributed by atoms with Crippen LogP contribution in [0.5, 0.6) is 0 Å². The summed E-state index contributed by atoms with van der Waals surface area (Å²) in [6, 6.07) is 17.8. The number of anilines is 1. The minimum absolute atomic E-state index is 0.0616. The highest BCUT2D eigenvalue weighted by Crippen LogP contribution is 2.44. The number of nitrogens with two attached hydrogens (primary N) is 1. The van der Waals surface area contributed by atoms with Crippen molar-refractivity contribution in [3.05, 3.63) is 88.7 Å². The molecule has 3 aromatic carbocycles. The van der Waals surface area contributed by atoms with Gasteiger partial charge in [0.25, 0.3) is 0 Å². The molecule has 5 nitrogen and oxygen atoms in total. The molecular formula is C22H16FNO4. The van der Waals surface area contributed by atoms with Gasteiger partial charge in [-0.05, 0) is 34.4 Å². The van der Waals surface area contributed by atoms with Gasteiger partial charge in [0.05, 0.1) is 11.3 Å². The lowest BCUT2D eigenvalue weighted by Gasteiger charge is -2.15. The van der Waals surface area contributed by atoms with Crippen molar-refractivity contribution in [2.24, 2.45) is 0 Å². The molecule has 0 radical (unpaired) electrons. The van der Waals surface area contributed by atoms with Crippen molar-refractivity contribution in [1.82, 2.24) is 0 Å². The Morgan fingerprint density at radius 1 is 0.964 bits per heavy atom. The molecule has 3 aromatic rings. The summed E-state index contributed by atoms with van der Waals surface area (Å²) >= 11 is 0. The summed E-state index contributed by atoms with van der Waals surface area (Å²) in [6.45, 7) is 0.0616. The molecule has 0 saturated carbocycles. The molecule has 0 spiro atoms. The Bertz CT molecular complexity index is 1060. The van der Waals surface area contributed by atoms with Crippen LogP contribution in [0.25, 0.3) is 11.1 Å². The first-order chi connectivity index (χ1) is 13.5. The average Bonchev–Trinajstić information content (AvgIpc) is 3.00. The van der Waals surface area contributed by atoms with Gasteiger partial charge in [-0.1, -0.05) is 48.5 Å². The topological polar surface area (TPSA) is 89.6 Å². The number of rotatable bonds is 4. The highest BCUT2D eigenvalue weighted by atomic mass is 19.1. The molecule has 6 heteroatoms. The molecule has 0 amide bonds. The largest absolute Gasteiger partial charge is 0.478 e. The van der Waals surface area contributed by atoms with E-state index in [0.717, 1.165) is 34.4 Å². The number of aromatic carboxylic acids is 1. The number of carboxylic acids is 1. The van der Waals surface area contributed by atoms with Crippen LogP contribution in [0.4, 0.5) is 10.1 Å². The van der Waals surface area contributed by atoms with Crippen molar-refractivity contribution >= 4 is 17.6 Å². The van der Waals surface area contributed by atoms with Crippen LogP contribution in [0.15, 0.2) is 60.7 Å². The van der Waals surface area contributed by atoms with Crippen molar-refractivity contribution in [2.75, 3.05) is 12.3 Å². The molecule has 28 heavy (non-hydrogen) atoms. The molecule has 0 saturated heterocycles. The van der Waals surface area contributed by atoms with Crippen molar-refractivity contribution in [3.8, 4) is 11.1 Å². The van der Waals surface area contributed by atoms with E-state index in [1.165, 1.54) is 0 Å². The number of carbonyl (C=O) groups excluding carboxylic acids is 1. The van der Waals surface area contributed by atoms with Crippen LogP contribution in [-0.4, -0.2) is 23.7 Å². The maximum Gasteiger partial charge on any atom is 0.340 e. The molecule has 140 valence electrons. The molecule has 3 N–H and O–H groups in total. The number of halogens is 1. The molecule has 0 aliphatic heterocycles. The molecule has 0 heterocycles. The predicted molar refractivity (Wildman–Crippen MR) is 102 cm³/mol.